The topological polar surface area (TPSA) is 115 Å². The fraction of sp³-hybridized carbons (Fsp3) is 0.400. The average molecular weight is 531 g/mol. The molecular formula is C30H34N4O5. The molecule has 2 unspecified atom stereocenters. The number of hydrogen-bond acceptors (Lipinski definition) is 7. The summed E-state index contributed by atoms with van der Waals surface area (Å²) in [5.41, 5.74) is 0.758. The van der Waals surface area contributed by atoms with E-state index in [2.05, 4.69) is 11.4 Å². The molecule has 2 atom stereocenters. The third-order valence-electron chi connectivity index (χ3n) is 6.31. The number of esters is 1. The van der Waals surface area contributed by atoms with Crippen molar-refractivity contribution in [3.05, 3.63) is 65.9 Å². The maximum Gasteiger partial charge on any atom is 0.407 e. The first kappa shape index (κ1) is 27.7. The predicted molar refractivity (Wildman–Crippen MR) is 146 cm³/mol. The predicted octanol–water partition coefficient (Wildman–Crippen LogP) is 6.40. The molecule has 0 aliphatic heterocycles. The number of benzene rings is 2. The third-order valence-corrected chi connectivity index (χ3v) is 6.31. The third kappa shape index (κ3) is 6.96. The number of para-hydroxylation sites is 1. The Hall–Kier alpha value is -4.32. The molecule has 204 valence electrons. The molecule has 0 saturated heterocycles. The van der Waals surface area contributed by atoms with Crippen molar-refractivity contribution in [2.45, 2.75) is 71.1 Å². The number of amides is 1. The Morgan fingerprint density at radius 1 is 1.08 bits per heavy atom. The lowest BCUT2D eigenvalue weighted by Crippen LogP contribution is -2.42. The lowest BCUT2D eigenvalue weighted by molar-refractivity contribution is 0.0466. The molecule has 3 aromatic rings. The molecule has 2 aromatic carbocycles. The Morgan fingerprint density at radius 3 is 2.41 bits per heavy atom. The SMILES string of the molecule is CCOC(=O)c1c(C#N)c(-c2ccc(Oc3ccccc3)cc2)nn1C1CCCC(NC(=O)OC(C)(C)C)C1. The lowest BCUT2D eigenvalue weighted by Gasteiger charge is -2.31. The van der Waals surface area contributed by atoms with Crippen molar-refractivity contribution in [1.29, 1.82) is 5.26 Å². The average Bonchev–Trinajstić information content (AvgIpc) is 3.29. The van der Waals surface area contributed by atoms with Crippen LogP contribution in [0.15, 0.2) is 54.6 Å². The van der Waals surface area contributed by atoms with Crippen LogP contribution in [0.2, 0.25) is 0 Å². The number of alkyl carbamates (subject to hydrolysis) is 1. The van der Waals surface area contributed by atoms with Crippen molar-refractivity contribution in [2.24, 2.45) is 0 Å². The van der Waals surface area contributed by atoms with Gasteiger partial charge < -0.3 is 19.5 Å². The van der Waals surface area contributed by atoms with E-state index in [1.165, 1.54) is 0 Å². The second-order valence-corrected chi connectivity index (χ2v) is 10.5. The number of rotatable bonds is 7. The molecule has 0 bridgehead atoms. The van der Waals surface area contributed by atoms with E-state index in [9.17, 15) is 14.9 Å². The van der Waals surface area contributed by atoms with Crippen LogP contribution in [0.1, 0.15) is 75.5 Å². The molecule has 4 rings (SSSR count). The van der Waals surface area contributed by atoms with Crippen LogP contribution in [0.25, 0.3) is 11.3 Å². The minimum atomic E-state index is -0.602. The Labute approximate surface area is 228 Å². The minimum absolute atomic E-state index is 0.127. The molecular weight excluding hydrogens is 496 g/mol. The molecule has 0 spiro atoms. The highest BCUT2D eigenvalue weighted by molar-refractivity contribution is 5.93. The van der Waals surface area contributed by atoms with Gasteiger partial charge in [0.25, 0.3) is 0 Å². The van der Waals surface area contributed by atoms with Crippen LogP contribution in [0.4, 0.5) is 4.79 Å². The number of nitrogens with zero attached hydrogens (tertiary/aromatic N) is 3. The molecule has 1 saturated carbocycles. The molecule has 39 heavy (non-hydrogen) atoms. The molecule has 1 aromatic heterocycles. The van der Waals surface area contributed by atoms with Crippen molar-refractivity contribution in [3.8, 4) is 28.8 Å². The van der Waals surface area contributed by atoms with Gasteiger partial charge in [-0.2, -0.15) is 10.4 Å². The van der Waals surface area contributed by atoms with Gasteiger partial charge in [0.1, 0.15) is 34.4 Å². The maximum absolute atomic E-state index is 13.1. The minimum Gasteiger partial charge on any atom is -0.461 e. The zero-order valence-corrected chi connectivity index (χ0v) is 22.8. The van der Waals surface area contributed by atoms with Crippen LogP contribution in [-0.2, 0) is 9.47 Å². The van der Waals surface area contributed by atoms with Gasteiger partial charge in [-0.15, -0.1) is 0 Å². The van der Waals surface area contributed by atoms with E-state index in [0.717, 1.165) is 19.3 Å². The smallest absolute Gasteiger partial charge is 0.407 e. The molecule has 1 aliphatic carbocycles. The zero-order chi connectivity index (χ0) is 28.0. The van der Waals surface area contributed by atoms with Crippen LogP contribution in [-0.4, -0.2) is 40.1 Å². The highest BCUT2D eigenvalue weighted by atomic mass is 16.6. The van der Waals surface area contributed by atoms with E-state index in [-0.39, 0.29) is 29.9 Å². The Morgan fingerprint density at radius 2 is 1.77 bits per heavy atom. The quantitative estimate of drug-likeness (QED) is 0.351. The van der Waals surface area contributed by atoms with Crippen LogP contribution < -0.4 is 10.1 Å². The molecule has 0 radical (unpaired) electrons. The van der Waals surface area contributed by atoms with E-state index in [1.807, 2.05) is 63.2 Å². The second-order valence-electron chi connectivity index (χ2n) is 10.5. The molecule has 1 amide bonds. The van der Waals surface area contributed by atoms with E-state index < -0.39 is 17.7 Å². The highest BCUT2D eigenvalue weighted by Crippen LogP contribution is 2.35. The van der Waals surface area contributed by atoms with Gasteiger partial charge in [0.15, 0.2) is 5.69 Å². The van der Waals surface area contributed by atoms with E-state index in [4.69, 9.17) is 19.3 Å². The summed E-state index contributed by atoms with van der Waals surface area (Å²) in [4.78, 5) is 25.4. The number of nitriles is 1. The second kappa shape index (κ2) is 12.0. The molecule has 1 aliphatic rings. The summed E-state index contributed by atoms with van der Waals surface area (Å²) in [6, 6.07) is 18.5. The standard InChI is InChI=1S/C30H34N4O5/c1-5-37-28(35)27-25(19-31)26(20-14-16-24(17-15-20)38-23-12-7-6-8-13-23)33-34(27)22-11-9-10-21(18-22)32-29(36)39-30(2,3)4/h6-8,12-17,21-22H,5,9-11,18H2,1-4H3,(H,32,36). The largest absolute Gasteiger partial charge is 0.461 e. The summed E-state index contributed by atoms with van der Waals surface area (Å²) >= 11 is 0. The van der Waals surface area contributed by atoms with Crippen molar-refractivity contribution >= 4 is 12.1 Å². The maximum atomic E-state index is 13.1. The molecule has 9 heteroatoms. The Bertz CT molecular complexity index is 1340. The van der Waals surface area contributed by atoms with E-state index in [1.54, 1.807) is 23.7 Å². The summed E-state index contributed by atoms with van der Waals surface area (Å²) in [6.45, 7) is 7.34. The highest BCUT2D eigenvalue weighted by Gasteiger charge is 2.33. The number of carbonyl (C=O) groups excluding carboxylic acids is 2. The first-order valence-corrected chi connectivity index (χ1v) is 13.2. The Kier molecular flexibility index (Phi) is 8.55. The first-order chi connectivity index (χ1) is 18.7. The van der Waals surface area contributed by atoms with Crippen molar-refractivity contribution < 1.29 is 23.8 Å². The van der Waals surface area contributed by atoms with E-state index in [0.29, 0.717) is 29.2 Å². The summed E-state index contributed by atoms with van der Waals surface area (Å²) in [5.74, 6) is 0.750. The van der Waals surface area contributed by atoms with Crippen molar-refractivity contribution in [2.75, 3.05) is 6.61 Å². The summed E-state index contributed by atoms with van der Waals surface area (Å²) < 4.78 is 18.2. The number of ether oxygens (including phenoxy) is 3. The normalized spacial score (nSPS) is 17.1. The van der Waals surface area contributed by atoms with E-state index >= 15 is 0 Å². The first-order valence-electron chi connectivity index (χ1n) is 13.2. The van der Waals surface area contributed by atoms with Crippen LogP contribution >= 0.6 is 0 Å². The van der Waals surface area contributed by atoms with Crippen molar-refractivity contribution in [3.63, 3.8) is 0 Å². The van der Waals surface area contributed by atoms with Crippen LogP contribution in [0.5, 0.6) is 11.5 Å². The van der Waals surface area contributed by atoms with Gasteiger partial charge in [0, 0.05) is 11.6 Å². The lowest BCUT2D eigenvalue weighted by atomic mass is 9.91. The number of nitrogens with one attached hydrogen (secondary N) is 1. The van der Waals surface area contributed by atoms with Gasteiger partial charge in [-0.25, -0.2) is 9.59 Å². The van der Waals surface area contributed by atoms with Crippen LogP contribution in [0, 0.1) is 11.3 Å². The van der Waals surface area contributed by atoms with Crippen molar-refractivity contribution in [1.82, 2.24) is 15.1 Å². The molecule has 1 heterocycles. The van der Waals surface area contributed by atoms with Gasteiger partial charge in [-0.05, 0) is 89.8 Å². The zero-order valence-electron chi connectivity index (χ0n) is 22.8. The molecule has 1 fully saturated rings. The van der Waals surface area contributed by atoms with Gasteiger partial charge in [-0.3, -0.25) is 4.68 Å². The fourth-order valence-corrected chi connectivity index (χ4v) is 4.70. The number of carbonyl (C=O) groups is 2. The Balaban J connectivity index is 1.63. The molecule has 1 N–H and O–H groups in total. The number of aromatic nitrogens is 2. The summed E-state index contributed by atoms with van der Waals surface area (Å²) in [7, 11) is 0. The molecule has 9 nitrogen and oxygen atoms in total. The monoisotopic (exact) mass is 530 g/mol. The van der Waals surface area contributed by atoms with Crippen LogP contribution in [0.3, 0.4) is 0 Å². The summed E-state index contributed by atoms with van der Waals surface area (Å²) in [5, 5.41) is 17.8. The van der Waals surface area contributed by atoms with Gasteiger partial charge in [0.05, 0.1) is 12.6 Å². The number of hydrogen-bond donors (Lipinski definition) is 1. The fourth-order valence-electron chi connectivity index (χ4n) is 4.70. The van der Waals surface area contributed by atoms with Gasteiger partial charge >= 0.3 is 12.1 Å². The van der Waals surface area contributed by atoms with Gasteiger partial charge in [0.2, 0.25) is 0 Å². The van der Waals surface area contributed by atoms with Gasteiger partial charge in [-0.1, -0.05) is 18.2 Å². The summed E-state index contributed by atoms with van der Waals surface area (Å²) in [6.07, 6.45) is 2.41.